The molecule has 0 atom stereocenters. The Bertz CT molecular complexity index is 293. The van der Waals surface area contributed by atoms with Gasteiger partial charge < -0.3 is 5.32 Å². The lowest BCUT2D eigenvalue weighted by molar-refractivity contribution is 0.211. The van der Waals surface area contributed by atoms with Crippen LogP contribution in [0.25, 0.3) is 0 Å². The summed E-state index contributed by atoms with van der Waals surface area (Å²) < 4.78 is 0. The molecular weight excluding hydrogens is 208 g/mol. The first-order valence-corrected chi connectivity index (χ1v) is 6.61. The highest BCUT2D eigenvalue weighted by Gasteiger charge is 2.09. The molecule has 1 aromatic rings. The van der Waals surface area contributed by atoms with E-state index < -0.39 is 0 Å². The van der Waals surface area contributed by atoms with Crippen LogP contribution in [-0.2, 0) is 6.54 Å². The Morgan fingerprint density at radius 1 is 1.06 bits per heavy atom. The second kappa shape index (κ2) is 7.46. The fourth-order valence-corrected chi connectivity index (χ4v) is 1.83. The molecule has 0 aliphatic rings. The number of nitrogens with one attached hydrogen (secondary N) is 1. The quantitative estimate of drug-likeness (QED) is 0.780. The fourth-order valence-electron chi connectivity index (χ4n) is 1.83. The Morgan fingerprint density at radius 2 is 1.71 bits per heavy atom. The number of rotatable bonds is 7. The molecule has 0 fully saturated rings. The van der Waals surface area contributed by atoms with Gasteiger partial charge in [0.05, 0.1) is 0 Å². The maximum Gasteiger partial charge on any atom is 0.0236 e. The van der Waals surface area contributed by atoms with Crippen LogP contribution in [-0.4, -0.2) is 30.1 Å². The van der Waals surface area contributed by atoms with E-state index in [0.717, 1.165) is 19.6 Å². The zero-order chi connectivity index (χ0) is 12.7. The van der Waals surface area contributed by atoms with E-state index in [0.29, 0.717) is 12.1 Å². The highest BCUT2D eigenvalue weighted by molar-refractivity contribution is 5.14. The molecule has 96 valence electrons. The van der Waals surface area contributed by atoms with Gasteiger partial charge in [0.2, 0.25) is 0 Å². The van der Waals surface area contributed by atoms with Gasteiger partial charge >= 0.3 is 0 Å². The number of nitrogens with zero attached hydrogens (tertiary/aromatic N) is 1. The van der Waals surface area contributed by atoms with Crippen molar-refractivity contribution in [3.05, 3.63) is 35.9 Å². The van der Waals surface area contributed by atoms with Gasteiger partial charge in [0.15, 0.2) is 0 Å². The summed E-state index contributed by atoms with van der Waals surface area (Å²) in [6.07, 6.45) is 0. The first kappa shape index (κ1) is 14.2. The smallest absolute Gasteiger partial charge is 0.0236 e. The Labute approximate surface area is 106 Å². The average Bonchev–Trinajstić information content (AvgIpc) is 2.28. The highest BCUT2D eigenvalue weighted by Crippen LogP contribution is 2.07. The summed E-state index contributed by atoms with van der Waals surface area (Å²) in [5, 5.41) is 3.47. The Hall–Kier alpha value is -0.860. The molecule has 17 heavy (non-hydrogen) atoms. The van der Waals surface area contributed by atoms with Crippen LogP contribution < -0.4 is 5.32 Å². The maximum absolute atomic E-state index is 3.47. The van der Waals surface area contributed by atoms with Crippen LogP contribution in [0.15, 0.2) is 30.3 Å². The van der Waals surface area contributed by atoms with E-state index in [1.54, 1.807) is 0 Å². The molecule has 0 spiro atoms. The minimum absolute atomic E-state index is 0.570. The maximum atomic E-state index is 3.47. The lowest BCUT2D eigenvalue weighted by Gasteiger charge is -2.27. The monoisotopic (exact) mass is 234 g/mol. The molecule has 0 unspecified atom stereocenters. The molecule has 0 saturated carbocycles. The summed E-state index contributed by atoms with van der Waals surface area (Å²) >= 11 is 0. The third-order valence-corrected chi connectivity index (χ3v) is 2.91. The Kier molecular flexibility index (Phi) is 6.23. The number of hydrogen-bond donors (Lipinski definition) is 1. The number of hydrogen-bond acceptors (Lipinski definition) is 2. The van der Waals surface area contributed by atoms with E-state index in [1.165, 1.54) is 5.56 Å². The van der Waals surface area contributed by atoms with E-state index >= 15 is 0 Å². The van der Waals surface area contributed by atoms with Crippen molar-refractivity contribution in [1.29, 1.82) is 0 Å². The molecule has 2 heteroatoms. The van der Waals surface area contributed by atoms with Crippen LogP contribution >= 0.6 is 0 Å². The SMILES string of the molecule is CC(C)NCCN(Cc1ccccc1)C(C)C. The zero-order valence-electron chi connectivity index (χ0n) is 11.6. The third-order valence-electron chi connectivity index (χ3n) is 2.91. The molecule has 2 nitrogen and oxygen atoms in total. The molecule has 0 bridgehead atoms. The molecule has 0 saturated heterocycles. The Morgan fingerprint density at radius 3 is 2.24 bits per heavy atom. The van der Waals surface area contributed by atoms with E-state index in [2.05, 4.69) is 68.2 Å². The molecule has 0 radical (unpaired) electrons. The molecule has 0 aliphatic heterocycles. The van der Waals surface area contributed by atoms with Crippen LogP contribution in [0.3, 0.4) is 0 Å². The normalized spacial score (nSPS) is 11.7. The van der Waals surface area contributed by atoms with Crippen molar-refractivity contribution in [2.24, 2.45) is 0 Å². The van der Waals surface area contributed by atoms with E-state index in [-0.39, 0.29) is 0 Å². The Balaban J connectivity index is 2.44. The summed E-state index contributed by atoms with van der Waals surface area (Å²) in [5.41, 5.74) is 1.39. The van der Waals surface area contributed by atoms with Crippen molar-refractivity contribution < 1.29 is 0 Å². The van der Waals surface area contributed by atoms with Gasteiger partial charge in [-0.25, -0.2) is 0 Å². The zero-order valence-corrected chi connectivity index (χ0v) is 11.6. The minimum atomic E-state index is 0.570. The number of benzene rings is 1. The average molecular weight is 234 g/mol. The highest BCUT2D eigenvalue weighted by atomic mass is 15.2. The van der Waals surface area contributed by atoms with Crippen LogP contribution in [0, 0.1) is 0 Å². The van der Waals surface area contributed by atoms with Crippen molar-refractivity contribution in [3.8, 4) is 0 Å². The largest absolute Gasteiger partial charge is 0.313 e. The van der Waals surface area contributed by atoms with Gasteiger partial charge in [-0.05, 0) is 19.4 Å². The minimum Gasteiger partial charge on any atom is -0.313 e. The first-order chi connectivity index (χ1) is 8.09. The topological polar surface area (TPSA) is 15.3 Å². The molecule has 0 aliphatic carbocycles. The molecule has 0 heterocycles. The summed E-state index contributed by atoms with van der Waals surface area (Å²) in [6, 6.07) is 11.9. The van der Waals surface area contributed by atoms with Crippen LogP contribution in [0.5, 0.6) is 0 Å². The summed E-state index contributed by atoms with van der Waals surface area (Å²) in [5.74, 6) is 0. The van der Waals surface area contributed by atoms with Gasteiger partial charge in [-0.3, -0.25) is 4.90 Å². The van der Waals surface area contributed by atoms with Gasteiger partial charge in [0.1, 0.15) is 0 Å². The lowest BCUT2D eigenvalue weighted by atomic mass is 10.2. The van der Waals surface area contributed by atoms with Crippen LogP contribution in [0.1, 0.15) is 33.3 Å². The van der Waals surface area contributed by atoms with Crippen molar-refractivity contribution in [3.63, 3.8) is 0 Å². The van der Waals surface area contributed by atoms with Crippen molar-refractivity contribution >= 4 is 0 Å². The van der Waals surface area contributed by atoms with Crippen molar-refractivity contribution in [2.75, 3.05) is 13.1 Å². The van der Waals surface area contributed by atoms with Gasteiger partial charge in [0.25, 0.3) is 0 Å². The molecule has 1 N–H and O–H groups in total. The predicted molar refractivity (Wildman–Crippen MR) is 75.1 cm³/mol. The second-order valence-corrected chi connectivity index (χ2v) is 5.16. The van der Waals surface area contributed by atoms with Gasteiger partial charge in [0, 0.05) is 31.7 Å². The van der Waals surface area contributed by atoms with E-state index in [9.17, 15) is 0 Å². The second-order valence-electron chi connectivity index (χ2n) is 5.16. The standard InChI is InChI=1S/C15H26N2/c1-13(2)16-10-11-17(14(3)4)12-15-8-6-5-7-9-15/h5-9,13-14,16H,10-12H2,1-4H3. The van der Waals surface area contributed by atoms with Crippen molar-refractivity contribution in [2.45, 2.75) is 46.3 Å². The summed E-state index contributed by atoms with van der Waals surface area (Å²) in [4.78, 5) is 2.50. The van der Waals surface area contributed by atoms with E-state index in [1.807, 2.05) is 0 Å². The van der Waals surface area contributed by atoms with Crippen molar-refractivity contribution in [1.82, 2.24) is 10.2 Å². The molecule has 1 rings (SSSR count). The van der Waals surface area contributed by atoms with Gasteiger partial charge in [-0.1, -0.05) is 44.2 Å². The van der Waals surface area contributed by atoms with E-state index in [4.69, 9.17) is 0 Å². The predicted octanol–water partition coefficient (Wildman–Crippen LogP) is 2.90. The fraction of sp³-hybridized carbons (Fsp3) is 0.600. The lowest BCUT2D eigenvalue weighted by Crippen LogP contribution is -2.38. The van der Waals surface area contributed by atoms with Crippen LogP contribution in [0.4, 0.5) is 0 Å². The summed E-state index contributed by atoms with van der Waals surface area (Å²) in [6.45, 7) is 12.1. The summed E-state index contributed by atoms with van der Waals surface area (Å²) in [7, 11) is 0. The molecule has 0 aromatic heterocycles. The van der Waals surface area contributed by atoms with Crippen LogP contribution in [0.2, 0.25) is 0 Å². The van der Waals surface area contributed by atoms with Gasteiger partial charge in [-0.2, -0.15) is 0 Å². The van der Waals surface area contributed by atoms with Gasteiger partial charge in [-0.15, -0.1) is 0 Å². The molecule has 0 amide bonds. The third kappa shape index (κ3) is 5.85. The molecule has 1 aromatic carbocycles. The molecular formula is C15H26N2. The first-order valence-electron chi connectivity index (χ1n) is 6.61.